The smallest absolute Gasteiger partial charge is 0.345 e. The van der Waals surface area contributed by atoms with E-state index in [1.807, 2.05) is 6.07 Å². The minimum atomic E-state index is -4.26. The number of halogens is 3. The molecule has 1 saturated carbocycles. The van der Waals surface area contributed by atoms with Crippen LogP contribution in [0.25, 0.3) is 0 Å². The van der Waals surface area contributed by atoms with Crippen molar-refractivity contribution in [1.29, 1.82) is 5.26 Å². The second-order valence-corrected chi connectivity index (χ2v) is 8.43. The molecular formula is C21H21F3N4O3. The Labute approximate surface area is 176 Å². The quantitative estimate of drug-likeness (QED) is 0.662. The molecule has 31 heavy (non-hydrogen) atoms. The molecule has 0 aromatic heterocycles. The van der Waals surface area contributed by atoms with Gasteiger partial charge in [0.1, 0.15) is 6.04 Å². The lowest BCUT2D eigenvalue weighted by atomic mass is 9.80. The lowest BCUT2D eigenvalue weighted by molar-refractivity contribution is -0.182. The summed E-state index contributed by atoms with van der Waals surface area (Å²) in [6, 6.07) is 7.53. The summed E-state index contributed by atoms with van der Waals surface area (Å²) in [5.41, 5.74) is 0.198. The zero-order valence-electron chi connectivity index (χ0n) is 16.5. The van der Waals surface area contributed by atoms with Crippen molar-refractivity contribution >= 4 is 23.4 Å². The molecule has 7 nitrogen and oxygen atoms in total. The number of anilines is 1. The van der Waals surface area contributed by atoms with Crippen molar-refractivity contribution in [3.8, 4) is 6.07 Å². The van der Waals surface area contributed by atoms with Crippen molar-refractivity contribution in [3.63, 3.8) is 0 Å². The van der Waals surface area contributed by atoms with E-state index in [2.05, 4.69) is 10.6 Å². The average molecular weight is 434 g/mol. The van der Waals surface area contributed by atoms with Gasteiger partial charge in [-0.05, 0) is 37.3 Å². The number of carbonyl (C=O) groups is 3. The van der Waals surface area contributed by atoms with Gasteiger partial charge in [-0.1, -0.05) is 18.2 Å². The Kier molecular flexibility index (Phi) is 5.15. The van der Waals surface area contributed by atoms with Crippen molar-refractivity contribution in [3.05, 3.63) is 29.8 Å². The standard InChI is InChI=1S/C21H21F3N4O3/c22-21(23,24)12-5-7-13(8-6-12)26-17(29)18(30)28-11-20(9-14(28)10-25)15-3-1-2-4-16(15)27-19(20)31/h1-4,12-14H,5-9,11H2,(H,26,29)(H,27,31)/t12-,13-,14-,20-/m0/s1. The van der Waals surface area contributed by atoms with Crippen LogP contribution in [0.2, 0.25) is 0 Å². The zero-order chi connectivity index (χ0) is 22.4. The van der Waals surface area contributed by atoms with Gasteiger partial charge in [0, 0.05) is 24.7 Å². The van der Waals surface area contributed by atoms with Crippen LogP contribution in [-0.2, 0) is 19.8 Å². The van der Waals surface area contributed by atoms with Crippen molar-refractivity contribution in [2.24, 2.45) is 5.92 Å². The lowest BCUT2D eigenvalue weighted by Crippen LogP contribution is -2.50. The molecule has 0 bridgehead atoms. The van der Waals surface area contributed by atoms with E-state index in [1.165, 1.54) is 0 Å². The summed E-state index contributed by atoms with van der Waals surface area (Å²) >= 11 is 0. The van der Waals surface area contributed by atoms with Gasteiger partial charge in [-0.25, -0.2) is 0 Å². The third-order valence-electron chi connectivity index (χ3n) is 6.61. The molecule has 4 rings (SSSR count). The van der Waals surface area contributed by atoms with E-state index >= 15 is 0 Å². The summed E-state index contributed by atoms with van der Waals surface area (Å²) in [7, 11) is 0. The highest BCUT2D eigenvalue weighted by Gasteiger charge is 2.56. The maximum atomic E-state index is 12.8. The molecule has 2 fully saturated rings. The number of alkyl halides is 3. The molecule has 1 aliphatic carbocycles. The van der Waals surface area contributed by atoms with Gasteiger partial charge in [0.25, 0.3) is 0 Å². The summed E-state index contributed by atoms with van der Waals surface area (Å²) < 4.78 is 38.4. The number of nitrogens with one attached hydrogen (secondary N) is 2. The molecular weight excluding hydrogens is 413 g/mol. The predicted octanol–water partition coefficient (Wildman–Crippen LogP) is 2.24. The number of likely N-dealkylation sites (tertiary alicyclic amines) is 1. The number of benzene rings is 1. The minimum absolute atomic E-state index is 0.0715. The molecule has 1 aromatic carbocycles. The second-order valence-electron chi connectivity index (χ2n) is 8.43. The summed E-state index contributed by atoms with van der Waals surface area (Å²) in [5, 5.41) is 14.8. The first-order valence-corrected chi connectivity index (χ1v) is 10.1. The normalized spacial score (nSPS) is 29.9. The van der Waals surface area contributed by atoms with E-state index in [0.29, 0.717) is 11.3 Å². The van der Waals surface area contributed by atoms with Crippen LogP contribution >= 0.6 is 0 Å². The maximum absolute atomic E-state index is 12.8. The van der Waals surface area contributed by atoms with Gasteiger partial charge in [0.15, 0.2) is 0 Å². The van der Waals surface area contributed by atoms with Gasteiger partial charge in [0.05, 0.1) is 17.4 Å². The molecule has 164 valence electrons. The van der Waals surface area contributed by atoms with Crippen LogP contribution in [-0.4, -0.2) is 47.4 Å². The van der Waals surface area contributed by atoms with E-state index in [1.54, 1.807) is 24.3 Å². The first-order valence-electron chi connectivity index (χ1n) is 10.1. The molecule has 1 spiro atoms. The number of hydrogen-bond donors (Lipinski definition) is 2. The van der Waals surface area contributed by atoms with Gasteiger partial charge >= 0.3 is 18.0 Å². The van der Waals surface area contributed by atoms with E-state index in [4.69, 9.17) is 0 Å². The number of hydrogen-bond acceptors (Lipinski definition) is 4. The molecule has 0 unspecified atom stereocenters. The van der Waals surface area contributed by atoms with E-state index in [-0.39, 0.29) is 44.6 Å². The van der Waals surface area contributed by atoms with E-state index < -0.39 is 41.4 Å². The maximum Gasteiger partial charge on any atom is 0.391 e. The summed E-state index contributed by atoms with van der Waals surface area (Å²) in [6.45, 7) is -0.110. The first-order chi connectivity index (χ1) is 14.7. The third kappa shape index (κ3) is 3.62. The third-order valence-corrected chi connectivity index (χ3v) is 6.61. The van der Waals surface area contributed by atoms with Crippen LogP contribution in [0.5, 0.6) is 0 Å². The molecule has 1 saturated heterocycles. The number of nitrogens with zero attached hydrogens (tertiary/aromatic N) is 2. The molecule has 3 aliphatic rings. The Morgan fingerprint density at radius 2 is 1.87 bits per heavy atom. The van der Waals surface area contributed by atoms with Gasteiger partial charge < -0.3 is 15.5 Å². The highest BCUT2D eigenvalue weighted by atomic mass is 19.4. The number of para-hydroxylation sites is 1. The number of rotatable bonds is 1. The van der Waals surface area contributed by atoms with Crippen LogP contribution < -0.4 is 10.6 Å². The number of amides is 3. The number of carbonyl (C=O) groups excluding carboxylic acids is 3. The average Bonchev–Trinajstić information content (AvgIpc) is 3.26. The van der Waals surface area contributed by atoms with Gasteiger partial charge in [-0.2, -0.15) is 18.4 Å². The zero-order valence-corrected chi connectivity index (χ0v) is 16.5. The Morgan fingerprint density at radius 3 is 2.52 bits per heavy atom. The van der Waals surface area contributed by atoms with Gasteiger partial charge in [-0.15, -0.1) is 0 Å². The van der Waals surface area contributed by atoms with Gasteiger partial charge in [-0.3, -0.25) is 14.4 Å². The first kappa shape index (κ1) is 21.2. The Morgan fingerprint density at radius 1 is 1.19 bits per heavy atom. The Hall–Kier alpha value is -3.09. The molecule has 2 aliphatic heterocycles. The van der Waals surface area contributed by atoms with Crippen molar-refractivity contribution in [1.82, 2.24) is 10.2 Å². The molecule has 2 heterocycles. The largest absolute Gasteiger partial charge is 0.391 e. The summed E-state index contributed by atoms with van der Waals surface area (Å²) in [4.78, 5) is 39.2. The Bertz CT molecular complexity index is 965. The molecule has 2 N–H and O–H groups in total. The molecule has 0 radical (unpaired) electrons. The number of nitriles is 1. The van der Waals surface area contributed by atoms with Crippen LogP contribution in [0, 0.1) is 17.2 Å². The molecule has 2 atom stereocenters. The summed E-state index contributed by atoms with van der Waals surface area (Å²) in [6.07, 6.45) is -4.13. The summed E-state index contributed by atoms with van der Waals surface area (Å²) in [5.74, 6) is -3.62. The second kappa shape index (κ2) is 7.55. The highest BCUT2D eigenvalue weighted by Crippen LogP contribution is 2.46. The fourth-order valence-corrected chi connectivity index (χ4v) is 4.91. The van der Waals surface area contributed by atoms with Gasteiger partial charge in [0.2, 0.25) is 5.91 Å². The fourth-order valence-electron chi connectivity index (χ4n) is 4.91. The van der Waals surface area contributed by atoms with Crippen LogP contribution in [0.3, 0.4) is 0 Å². The molecule has 10 heteroatoms. The van der Waals surface area contributed by atoms with Crippen LogP contribution in [0.1, 0.15) is 37.7 Å². The topological polar surface area (TPSA) is 102 Å². The fraction of sp³-hybridized carbons (Fsp3) is 0.524. The predicted molar refractivity (Wildman–Crippen MR) is 102 cm³/mol. The van der Waals surface area contributed by atoms with Crippen molar-refractivity contribution < 1.29 is 27.6 Å². The molecule has 1 aromatic rings. The number of fused-ring (bicyclic) bond motifs is 2. The van der Waals surface area contributed by atoms with E-state index in [0.717, 1.165) is 4.90 Å². The van der Waals surface area contributed by atoms with Crippen molar-refractivity contribution in [2.75, 3.05) is 11.9 Å². The SMILES string of the molecule is N#C[C@@H]1C[C@@]2(CN1C(=O)C(=O)N[C@H]1CC[C@H](C(F)(F)F)CC1)C(=O)Nc1ccccc12. The Balaban J connectivity index is 1.45. The lowest BCUT2D eigenvalue weighted by Gasteiger charge is -2.30. The molecule has 3 amide bonds. The van der Waals surface area contributed by atoms with E-state index in [9.17, 15) is 32.8 Å². The monoisotopic (exact) mass is 434 g/mol. The van der Waals surface area contributed by atoms with Crippen LogP contribution in [0.4, 0.5) is 18.9 Å². The highest BCUT2D eigenvalue weighted by molar-refractivity contribution is 6.35. The van der Waals surface area contributed by atoms with Crippen LogP contribution in [0.15, 0.2) is 24.3 Å². The van der Waals surface area contributed by atoms with Crippen molar-refractivity contribution in [2.45, 2.75) is 55.8 Å². The minimum Gasteiger partial charge on any atom is -0.345 e.